The highest BCUT2D eigenvalue weighted by Crippen LogP contribution is 2.26. The van der Waals surface area contributed by atoms with Crippen LogP contribution in [0.15, 0.2) is 72.8 Å². The first-order valence-corrected chi connectivity index (χ1v) is 10.3. The number of phenols is 1. The molecule has 1 amide bonds. The summed E-state index contributed by atoms with van der Waals surface area (Å²) >= 11 is 0. The van der Waals surface area contributed by atoms with Gasteiger partial charge in [-0.1, -0.05) is 60.7 Å². The van der Waals surface area contributed by atoms with Crippen molar-refractivity contribution in [3.63, 3.8) is 0 Å². The molecule has 1 atom stereocenters. The fourth-order valence-electron chi connectivity index (χ4n) is 4.09. The topological polar surface area (TPSA) is 57.6 Å². The fraction of sp³-hybridized carbons (Fsp3) is 0.231. The number of hydrogen-bond acceptors (Lipinski definition) is 3. The van der Waals surface area contributed by atoms with E-state index in [0.29, 0.717) is 29.8 Å². The van der Waals surface area contributed by atoms with E-state index < -0.39 is 0 Å². The lowest BCUT2D eigenvalue weighted by Gasteiger charge is -2.32. The van der Waals surface area contributed by atoms with Crippen molar-refractivity contribution in [1.82, 2.24) is 4.90 Å². The number of nitrogens with zero attached hydrogens (tertiary/aromatic N) is 1. The zero-order valence-corrected chi connectivity index (χ0v) is 17.0. The van der Waals surface area contributed by atoms with Gasteiger partial charge in [0.05, 0.1) is 0 Å². The van der Waals surface area contributed by atoms with E-state index in [9.17, 15) is 14.7 Å². The van der Waals surface area contributed by atoms with Gasteiger partial charge in [0.15, 0.2) is 5.78 Å². The summed E-state index contributed by atoms with van der Waals surface area (Å²) in [7, 11) is 0. The predicted octanol–water partition coefficient (Wildman–Crippen LogP) is 5.10. The summed E-state index contributed by atoms with van der Waals surface area (Å²) in [5, 5.41) is 9.92. The van der Waals surface area contributed by atoms with Crippen molar-refractivity contribution < 1.29 is 14.7 Å². The second kappa shape index (κ2) is 8.54. The second-order valence-electron chi connectivity index (χ2n) is 7.85. The summed E-state index contributed by atoms with van der Waals surface area (Å²) in [5.41, 5.74) is 3.95. The van der Waals surface area contributed by atoms with E-state index in [0.717, 1.165) is 24.0 Å². The van der Waals surface area contributed by atoms with Gasteiger partial charge in [-0.2, -0.15) is 0 Å². The Hall–Kier alpha value is -3.40. The Morgan fingerprint density at radius 3 is 2.33 bits per heavy atom. The molecule has 0 bridgehead atoms. The maximum atomic E-state index is 13.1. The van der Waals surface area contributed by atoms with E-state index in [1.165, 1.54) is 0 Å². The minimum atomic E-state index is -0.206. The number of phenolic OH excluding ortho intramolecular Hbond substituents is 1. The molecule has 0 aliphatic carbocycles. The molecular formula is C26H25NO3. The number of amides is 1. The standard InChI is InChI=1S/C26H25NO3/c1-18-23(10-5-11-24(18)28)26(30)27-16-6-9-22(17-27)25(29)21-14-12-20(13-15-21)19-7-3-2-4-8-19/h2-5,7-8,10-15,22,28H,6,9,16-17H2,1H3/t22-/m1/s1. The van der Waals surface area contributed by atoms with Gasteiger partial charge in [-0.05, 0) is 43.0 Å². The van der Waals surface area contributed by atoms with Gasteiger partial charge in [0.2, 0.25) is 0 Å². The number of likely N-dealkylation sites (tertiary alicyclic amines) is 1. The number of hydrogen-bond donors (Lipinski definition) is 1. The summed E-state index contributed by atoms with van der Waals surface area (Å²) < 4.78 is 0. The van der Waals surface area contributed by atoms with Crippen LogP contribution in [0.3, 0.4) is 0 Å². The van der Waals surface area contributed by atoms with Gasteiger partial charge in [-0.3, -0.25) is 9.59 Å². The molecule has 30 heavy (non-hydrogen) atoms. The maximum Gasteiger partial charge on any atom is 0.254 e. The fourth-order valence-corrected chi connectivity index (χ4v) is 4.09. The second-order valence-corrected chi connectivity index (χ2v) is 7.85. The minimum absolute atomic E-state index is 0.0831. The Labute approximate surface area is 176 Å². The van der Waals surface area contributed by atoms with Crippen molar-refractivity contribution in [2.24, 2.45) is 5.92 Å². The highest BCUT2D eigenvalue weighted by atomic mass is 16.3. The summed E-state index contributed by atoms with van der Waals surface area (Å²) in [6, 6.07) is 22.8. The molecule has 3 aromatic rings. The Bertz CT molecular complexity index is 1060. The summed E-state index contributed by atoms with van der Waals surface area (Å²) in [6.07, 6.45) is 1.57. The number of carbonyl (C=O) groups is 2. The van der Waals surface area contributed by atoms with Crippen LogP contribution in [0.4, 0.5) is 0 Å². The maximum absolute atomic E-state index is 13.1. The highest BCUT2D eigenvalue weighted by molar-refractivity contribution is 6.00. The van der Waals surface area contributed by atoms with Gasteiger partial charge in [0.1, 0.15) is 5.75 Å². The van der Waals surface area contributed by atoms with Crippen LogP contribution in [0.25, 0.3) is 11.1 Å². The lowest BCUT2D eigenvalue weighted by Crippen LogP contribution is -2.42. The molecule has 1 heterocycles. The molecule has 1 saturated heterocycles. The molecule has 4 rings (SSSR count). The van der Waals surface area contributed by atoms with Crippen LogP contribution in [-0.4, -0.2) is 34.8 Å². The van der Waals surface area contributed by atoms with E-state index in [1.54, 1.807) is 30.0 Å². The van der Waals surface area contributed by atoms with Gasteiger partial charge >= 0.3 is 0 Å². The van der Waals surface area contributed by atoms with Crippen molar-refractivity contribution in [2.45, 2.75) is 19.8 Å². The van der Waals surface area contributed by atoms with Gasteiger partial charge in [-0.15, -0.1) is 0 Å². The smallest absolute Gasteiger partial charge is 0.254 e. The van der Waals surface area contributed by atoms with Crippen LogP contribution in [0.5, 0.6) is 5.75 Å². The third-order valence-electron chi connectivity index (χ3n) is 5.89. The minimum Gasteiger partial charge on any atom is -0.508 e. The van der Waals surface area contributed by atoms with Crippen molar-refractivity contribution in [3.05, 3.63) is 89.5 Å². The molecule has 4 heteroatoms. The van der Waals surface area contributed by atoms with Crippen LogP contribution >= 0.6 is 0 Å². The van der Waals surface area contributed by atoms with Gasteiger partial charge in [0, 0.05) is 35.7 Å². The van der Waals surface area contributed by atoms with Gasteiger partial charge < -0.3 is 10.0 Å². The molecular weight excluding hydrogens is 374 g/mol. The molecule has 0 saturated carbocycles. The number of carbonyl (C=O) groups excluding carboxylic acids is 2. The Kier molecular flexibility index (Phi) is 5.66. The third-order valence-corrected chi connectivity index (χ3v) is 5.89. The van der Waals surface area contributed by atoms with Crippen molar-refractivity contribution in [3.8, 4) is 16.9 Å². The first kappa shape index (κ1) is 19.9. The van der Waals surface area contributed by atoms with Crippen LogP contribution in [0.2, 0.25) is 0 Å². The van der Waals surface area contributed by atoms with E-state index in [2.05, 4.69) is 0 Å². The van der Waals surface area contributed by atoms with Crippen LogP contribution < -0.4 is 0 Å². The molecule has 4 nitrogen and oxygen atoms in total. The van der Waals surface area contributed by atoms with E-state index in [-0.39, 0.29) is 23.4 Å². The molecule has 0 spiro atoms. The number of aromatic hydroxyl groups is 1. The number of rotatable bonds is 4. The zero-order valence-electron chi connectivity index (χ0n) is 17.0. The molecule has 3 aromatic carbocycles. The van der Waals surface area contributed by atoms with Gasteiger partial charge in [0.25, 0.3) is 5.91 Å². The largest absolute Gasteiger partial charge is 0.508 e. The lowest BCUT2D eigenvalue weighted by molar-refractivity contribution is 0.0636. The molecule has 0 unspecified atom stereocenters. The Morgan fingerprint density at radius 2 is 1.60 bits per heavy atom. The van der Waals surface area contributed by atoms with E-state index in [4.69, 9.17) is 0 Å². The number of benzene rings is 3. The monoisotopic (exact) mass is 399 g/mol. The van der Waals surface area contributed by atoms with Crippen LogP contribution in [0, 0.1) is 12.8 Å². The molecule has 1 aliphatic rings. The molecule has 1 N–H and O–H groups in total. The molecule has 0 aromatic heterocycles. The first-order valence-electron chi connectivity index (χ1n) is 10.3. The molecule has 152 valence electrons. The predicted molar refractivity (Wildman–Crippen MR) is 118 cm³/mol. The van der Waals surface area contributed by atoms with Crippen molar-refractivity contribution in [2.75, 3.05) is 13.1 Å². The third kappa shape index (κ3) is 3.99. The number of ketones is 1. The Morgan fingerprint density at radius 1 is 0.900 bits per heavy atom. The molecule has 0 radical (unpaired) electrons. The van der Waals surface area contributed by atoms with Crippen molar-refractivity contribution in [1.29, 1.82) is 0 Å². The van der Waals surface area contributed by atoms with E-state index in [1.807, 2.05) is 54.6 Å². The normalized spacial score (nSPS) is 16.3. The highest BCUT2D eigenvalue weighted by Gasteiger charge is 2.30. The SMILES string of the molecule is Cc1c(O)cccc1C(=O)N1CCC[C@@H](C(=O)c2ccc(-c3ccccc3)cc2)C1. The summed E-state index contributed by atoms with van der Waals surface area (Å²) in [4.78, 5) is 27.8. The lowest BCUT2D eigenvalue weighted by atomic mass is 9.89. The first-order chi connectivity index (χ1) is 14.5. The average molecular weight is 399 g/mol. The average Bonchev–Trinajstić information content (AvgIpc) is 2.81. The van der Waals surface area contributed by atoms with Crippen LogP contribution in [-0.2, 0) is 0 Å². The quantitative estimate of drug-likeness (QED) is 0.621. The van der Waals surface area contributed by atoms with Crippen molar-refractivity contribution >= 4 is 11.7 Å². The van der Waals surface area contributed by atoms with Gasteiger partial charge in [-0.25, -0.2) is 0 Å². The summed E-state index contributed by atoms with van der Waals surface area (Å²) in [5.74, 6) is -0.132. The van der Waals surface area contributed by atoms with Crippen LogP contribution in [0.1, 0.15) is 39.1 Å². The zero-order chi connectivity index (χ0) is 21.1. The number of piperidine rings is 1. The number of Topliss-reactive ketones (excluding diaryl/α,β-unsaturated/α-hetero) is 1. The molecule has 1 fully saturated rings. The Balaban J connectivity index is 1.48. The summed E-state index contributed by atoms with van der Waals surface area (Å²) in [6.45, 7) is 2.78. The van der Waals surface area contributed by atoms with E-state index >= 15 is 0 Å². The molecule has 1 aliphatic heterocycles.